The van der Waals surface area contributed by atoms with Crippen LogP contribution in [0.15, 0.2) is 40.2 Å². The number of benzene rings is 1. The number of amides is 1. The Morgan fingerprint density at radius 2 is 1.93 bits per heavy atom. The third kappa shape index (κ3) is 3.19. The fourth-order valence-electron chi connectivity index (χ4n) is 3.57. The molecule has 0 spiro atoms. The number of para-hydroxylation sites is 2. The van der Waals surface area contributed by atoms with E-state index in [2.05, 4.69) is 20.3 Å². The zero-order valence-electron chi connectivity index (χ0n) is 17.2. The molecule has 10 nitrogen and oxygen atoms in total. The van der Waals surface area contributed by atoms with E-state index in [4.69, 9.17) is 0 Å². The molecule has 0 bridgehead atoms. The number of hydrogen-bond acceptors (Lipinski definition) is 5. The highest BCUT2D eigenvalue weighted by Crippen LogP contribution is 2.22. The van der Waals surface area contributed by atoms with Crippen molar-refractivity contribution in [3.8, 4) is 0 Å². The summed E-state index contributed by atoms with van der Waals surface area (Å²) in [6, 6.07) is 7.21. The highest BCUT2D eigenvalue weighted by atomic mass is 16.2. The van der Waals surface area contributed by atoms with E-state index in [0.29, 0.717) is 5.82 Å². The minimum Gasteiger partial charge on any atom is -0.344 e. The number of carbonyl (C=O) groups excluding carboxylic acids is 1. The molecule has 2 N–H and O–H groups in total. The maximum absolute atomic E-state index is 12.8. The lowest BCUT2D eigenvalue weighted by molar-refractivity contribution is -0.122. The Morgan fingerprint density at radius 3 is 2.63 bits per heavy atom. The number of rotatable bonds is 5. The van der Waals surface area contributed by atoms with Crippen LogP contribution in [0.25, 0.3) is 22.2 Å². The Balaban J connectivity index is 1.66. The van der Waals surface area contributed by atoms with E-state index in [0.717, 1.165) is 15.6 Å². The molecule has 3 heterocycles. The van der Waals surface area contributed by atoms with Crippen LogP contribution in [0.1, 0.15) is 25.7 Å². The van der Waals surface area contributed by atoms with Crippen molar-refractivity contribution in [1.82, 2.24) is 34.0 Å². The zero-order valence-corrected chi connectivity index (χ0v) is 17.2. The topological polar surface area (TPSA) is 120 Å². The molecule has 4 rings (SSSR count). The molecule has 0 radical (unpaired) electrons. The average molecular weight is 409 g/mol. The number of imidazole rings is 2. The Hall–Kier alpha value is -3.69. The Labute approximate surface area is 171 Å². The van der Waals surface area contributed by atoms with Gasteiger partial charge in [-0.25, -0.2) is 19.3 Å². The minimum absolute atomic E-state index is 0.0358. The molecule has 4 aromatic rings. The monoisotopic (exact) mass is 409 g/mol. The van der Waals surface area contributed by atoms with Crippen molar-refractivity contribution in [1.29, 1.82) is 0 Å². The number of nitrogens with zero attached hydrogens (tertiary/aromatic N) is 5. The first kappa shape index (κ1) is 19.6. The molecule has 1 aromatic carbocycles. The van der Waals surface area contributed by atoms with Crippen LogP contribution in [-0.2, 0) is 25.4 Å². The Kier molecular flexibility index (Phi) is 4.76. The average Bonchev–Trinajstić information content (AvgIpc) is 3.31. The van der Waals surface area contributed by atoms with E-state index in [-0.39, 0.29) is 17.1 Å². The summed E-state index contributed by atoms with van der Waals surface area (Å²) in [5, 5.41) is 2.91. The van der Waals surface area contributed by atoms with Gasteiger partial charge in [0.2, 0.25) is 5.91 Å². The molecule has 10 heteroatoms. The van der Waals surface area contributed by atoms with Gasteiger partial charge in [-0.2, -0.15) is 0 Å². The van der Waals surface area contributed by atoms with Crippen molar-refractivity contribution < 1.29 is 4.79 Å². The summed E-state index contributed by atoms with van der Waals surface area (Å²) in [7, 11) is 3.19. The van der Waals surface area contributed by atoms with Gasteiger partial charge in [0.15, 0.2) is 11.2 Å². The van der Waals surface area contributed by atoms with E-state index < -0.39 is 29.7 Å². The summed E-state index contributed by atoms with van der Waals surface area (Å²) in [5.41, 5.74) is 1.09. The van der Waals surface area contributed by atoms with Crippen LogP contribution >= 0.6 is 0 Å². The van der Waals surface area contributed by atoms with Crippen molar-refractivity contribution in [2.24, 2.45) is 20.0 Å². The number of fused-ring (bicyclic) bond motifs is 2. The Morgan fingerprint density at radius 1 is 1.20 bits per heavy atom. The van der Waals surface area contributed by atoms with Gasteiger partial charge in [0.1, 0.15) is 12.4 Å². The van der Waals surface area contributed by atoms with E-state index in [1.807, 2.05) is 38.1 Å². The summed E-state index contributed by atoms with van der Waals surface area (Å²) < 4.78 is 3.73. The number of nitrogens with one attached hydrogen (secondary N) is 2. The van der Waals surface area contributed by atoms with Crippen LogP contribution in [0.5, 0.6) is 0 Å². The number of aryl methyl sites for hydroxylation is 2. The largest absolute Gasteiger partial charge is 0.344 e. The number of H-pyrrole nitrogens is 1. The first-order valence-electron chi connectivity index (χ1n) is 9.62. The maximum atomic E-state index is 12.8. The predicted octanol–water partition coefficient (Wildman–Crippen LogP) is 0.824. The smallest absolute Gasteiger partial charge is 0.332 e. The molecule has 1 atom stereocenters. The molecule has 0 saturated carbocycles. The van der Waals surface area contributed by atoms with Gasteiger partial charge in [-0.05, 0) is 18.1 Å². The van der Waals surface area contributed by atoms with Crippen molar-refractivity contribution in [3.63, 3.8) is 0 Å². The van der Waals surface area contributed by atoms with Crippen molar-refractivity contribution in [2.75, 3.05) is 0 Å². The van der Waals surface area contributed by atoms with Crippen LogP contribution in [0.3, 0.4) is 0 Å². The van der Waals surface area contributed by atoms with Crippen LogP contribution in [0.4, 0.5) is 0 Å². The summed E-state index contributed by atoms with van der Waals surface area (Å²) in [6.45, 7) is 3.53. The van der Waals surface area contributed by atoms with E-state index in [9.17, 15) is 14.4 Å². The van der Waals surface area contributed by atoms with Crippen molar-refractivity contribution >= 4 is 28.1 Å². The second-order valence-electron chi connectivity index (χ2n) is 7.69. The second-order valence-corrected chi connectivity index (χ2v) is 7.69. The maximum Gasteiger partial charge on any atom is 0.332 e. The third-order valence-electron chi connectivity index (χ3n) is 5.19. The van der Waals surface area contributed by atoms with Gasteiger partial charge in [-0.1, -0.05) is 26.0 Å². The molecular weight excluding hydrogens is 386 g/mol. The molecule has 3 aromatic heterocycles. The second kappa shape index (κ2) is 7.29. The number of hydrogen-bond donors (Lipinski definition) is 2. The Bertz CT molecular complexity index is 1340. The SMILES string of the molecule is CC(C)[C@H](NC(=O)Cn1c(=O)c2c(ncn2C)n(C)c1=O)c1nc2ccccc2[nH]1. The molecule has 0 saturated heterocycles. The first-order valence-corrected chi connectivity index (χ1v) is 9.62. The normalized spacial score (nSPS) is 12.7. The van der Waals surface area contributed by atoms with Gasteiger partial charge in [0.05, 0.1) is 23.4 Å². The molecule has 0 unspecified atom stereocenters. The van der Waals surface area contributed by atoms with Crippen molar-refractivity contribution in [2.45, 2.75) is 26.4 Å². The molecule has 0 aliphatic heterocycles. The van der Waals surface area contributed by atoms with Gasteiger partial charge in [-0.15, -0.1) is 0 Å². The number of aromatic amines is 1. The third-order valence-corrected chi connectivity index (χ3v) is 5.19. The van der Waals surface area contributed by atoms with Crippen LogP contribution in [-0.4, -0.2) is 34.6 Å². The van der Waals surface area contributed by atoms with Crippen LogP contribution in [0.2, 0.25) is 0 Å². The van der Waals surface area contributed by atoms with Gasteiger partial charge < -0.3 is 14.9 Å². The minimum atomic E-state index is -0.591. The predicted molar refractivity (Wildman–Crippen MR) is 112 cm³/mol. The first-order chi connectivity index (χ1) is 14.3. The highest BCUT2D eigenvalue weighted by molar-refractivity contribution is 5.78. The molecule has 0 aliphatic rings. The summed E-state index contributed by atoms with van der Waals surface area (Å²) in [6.07, 6.45) is 1.46. The lowest BCUT2D eigenvalue weighted by Gasteiger charge is -2.20. The molecule has 1 amide bonds. The van der Waals surface area contributed by atoms with Crippen LogP contribution < -0.4 is 16.6 Å². The molecular formula is C20H23N7O3. The molecule has 0 aliphatic carbocycles. The lowest BCUT2D eigenvalue weighted by atomic mass is 10.0. The van der Waals surface area contributed by atoms with E-state index in [1.165, 1.54) is 22.5 Å². The quantitative estimate of drug-likeness (QED) is 0.506. The van der Waals surface area contributed by atoms with Gasteiger partial charge in [0, 0.05) is 14.1 Å². The van der Waals surface area contributed by atoms with E-state index >= 15 is 0 Å². The van der Waals surface area contributed by atoms with E-state index in [1.54, 1.807) is 7.05 Å². The fraction of sp³-hybridized carbons (Fsp3) is 0.350. The molecule has 30 heavy (non-hydrogen) atoms. The standard InChI is InChI=1S/C20H23N7O3/c1-11(2)15(17-22-12-7-5-6-8-13(12)23-17)24-14(28)9-27-19(29)16-18(21-10-25(16)3)26(4)20(27)30/h5-8,10-11,15H,9H2,1-4H3,(H,22,23)(H,24,28)/t15-/m0/s1. The summed E-state index contributed by atoms with van der Waals surface area (Å²) in [5.74, 6) is 0.213. The highest BCUT2D eigenvalue weighted by Gasteiger charge is 2.23. The fourth-order valence-corrected chi connectivity index (χ4v) is 3.57. The van der Waals surface area contributed by atoms with Gasteiger partial charge in [-0.3, -0.25) is 14.2 Å². The van der Waals surface area contributed by atoms with Crippen molar-refractivity contribution in [3.05, 3.63) is 57.3 Å². The van der Waals surface area contributed by atoms with Gasteiger partial charge >= 0.3 is 5.69 Å². The number of carbonyl (C=O) groups is 1. The zero-order chi connectivity index (χ0) is 21.6. The van der Waals surface area contributed by atoms with Crippen LogP contribution in [0, 0.1) is 5.92 Å². The number of aromatic nitrogens is 6. The summed E-state index contributed by atoms with van der Waals surface area (Å²) in [4.78, 5) is 50.2. The van der Waals surface area contributed by atoms with Gasteiger partial charge in [0.25, 0.3) is 5.56 Å². The molecule has 156 valence electrons. The molecule has 0 fully saturated rings. The lowest BCUT2D eigenvalue weighted by Crippen LogP contribution is -2.44. The summed E-state index contributed by atoms with van der Waals surface area (Å²) >= 11 is 0.